The van der Waals surface area contributed by atoms with Gasteiger partial charge in [-0.1, -0.05) is 0 Å². The van der Waals surface area contributed by atoms with Crippen molar-refractivity contribution in [3.8, 4) is 0 Å². The number of nitrogens with one attached hydrogen (secondary N) is 1. The van der Waals surface area contributed by atoms with Crippen LogP contribution in [0.3, 0.4) is 0 Å². The maximum Gasteiger partial charge on any atom is 0.134 e. The lowest BCUT2D eigenvalue weighted by Crippen LogP contribution is -2.24. The fraction of sp³-hybridized carbons (Fsp3) is 0.533. The molecular weight excluding hydrogens is 312 g/mol. The second-order valence-corrected chi connectivity index (χ2v) is 5.67. The summed E-state index contributed by atoms with van der Waals surface area (Å²) >= 11 is 0. The number of aliphatic hydroxyl groups excluding tert-OH is 3. The summed E-state index contributed by atoms with van der Waals surface area (Å²) in [4.78, 5) is 10.6. The van der Waals surface area contributed by atoms with Crippen molar-refractivity contribution in [1.82, 2.24) is 19.7 Å². The Kier molecular flexibility index (Phi) is 5.24. The topological polar surface area (TPSA) is 120 Å². The Bertz CT molecular complexity index is 677. The Labute approximate surface area is 139 Å². The van der Waals surface area contributed by atoms with Crippen molar-refractivity contribution < 1.29 is 15.3 Å². The van der Waals surface area contributed by atoms with E-state index in [-0.39, 0.29) is 13.2 Å². The smallest absolute Gasteiger partial charge is 0.134 e. The minimum Gasteiger partial charge on any atom is -0.395 e. The molecule has 0 aromatic carbocycles. The quantitative estimate of drug-likeness (QED) is 0.559. The lowest BCUT2D eigenvalue weighted by molar-refractivity contribution is 0.0916. The van der Waals surface area contributed by atoms with E-state index in [1.807, 2.05) is 16.8 Å². The highest BCUT2D eigenvalue weighted by atomic mass is 16.3. The number of rotatable bonds is 6. The van der Waals surface area contributed by atoms with Crippen molar-refractivity contribution in [1.29, 1.82) is 0 Å². The Morgan fingerprint density at radius 2 is 2.08 bits per heavy atom. The predicted octanol–water partition coefficient (Wildman–Crippen LogP) is -0.487. The zero-order chi connectivity index (χ0) is 16.9. The molecule has 0 fully saturated rings. The first kappa shape index (κ1) is 16.6. The molecule has 0 saturated heterocycles. The highest BCUT2D eigenvalue weighted by Crippen LogP contribution is 2.22. The molecule has 4 N–H and O–H groups in total. The molecule has 1 atom stereocenters. The Morgan fingerprint density at radius 3 is 2.88 bits per heavy atom. The number of fused-ring (bicyclic) bond motifs is 1. The van der Waals surface area contributed by atoms with Gasteiger partial charge in [0.25, 0.3) is 0 Å². The number of nitrogens with zero attached hydrogens (tertiary/aromatic N) is 5. The fourth-order valence-electron chi connectivity index (χ4n) is 2.74. The molecule has 3 heterocycles. The van der Waals surface area contributed by atoms with Crippen LogP contribution in [0, 0.1) is 0 Å². The van der Waals surface area contributed by atoms with Crippen LogP contribution >= 0.6 is 0 Å². The van der Waals surface area contributed by atoms with Gasteiger partial charge in [-0.3, -0.25) is 4.68 Å². The van der Waals surface area contributed by atoms with Crippen molar-refractivity contribution in [2.45, 2.75) is 25.6 Å². The van der Waals surface area contributed by atoms with Crippen molar-refractivity contribution in [3.05, 3.63) is 29.8 Å². The highest BCUT2D eigenvalue weighted by Gasteiger charge is 2.20. The van der Waals surface area contributed by atoms with E-state index in [9.17, 15) is 5.11 Å². The lowest BCUT2D eigenvalue weighted by Gasteiger charge is -2.21. The van der Waals surface area contributed by atoms with Crippen LogP contribution in [-0.2, 0) is 13.1 Å². The largest absolute Gasteiger partial charge is 0.395 e. The molecule has 0 bridgehead atoms. The zero-order valence-electron chi connectivity index (χ0n) is 13.3. The maximum atomic E-state index is 9.76. The van der Waals surface area contributed by atoms with Gasteiger partial charge in [-0.15, -0.1) is 0 Å². The SMILES string of the molecule is OCCNc1cc(N2CCCn3nc(C(O)CO)cc3C2)ncn1. The average molecular weight is 334 g/mol. The van der Waals surface area contributed by atoms with Crippen molar-refractivity contribution in [3.63, 3.8) is 0 Å². The first-order chi connectivity index (χ1) is 11.7. The summed E-state index contributed by atoms with van der Waals surface area (Å²) in [6.45, 7) is 2.33. The summed E-state index contributed by atoms with van der Waals surface area (Å²) in [6.07, 6.45) is 1.44. The molecule has 130 valence electrons. The number of hydrogen-bond donors (Lipinski definition) is 4. The van der Waals surface area contributed by atoms with E-state index in [2.05, 4.69) is 25.3 Å². The van der Waals surface area contributed by atoms with Crippen LogP contribution in [-0.4, -0.2) is 61.4 Å². The van der Waals surface area contributed by atoms with E-state index in [4.69, 9.17) is 10.2 Å². The summed E-state index contributed by atoms with van der Waals surface area (Å²) in [5, 5.41) is 35.1. The van der Waals surface area contributed by atoms with Crippen LogP contribution in [0.2, 0.25) is 0 Å². The molecule has 9 nitrogen and oxygen atoms in total. The van der Waals surface area contributed by atoms with Gasteiger partial charge in [0, 0.05) is 25.7 Å². The van der Waals surface area contributed by atoms with Crippen LogP contribution < -0.4 is 10.2 Å². The van der Waals surface area contributed by atoms with Gasteiger partial charge in [0.15, 0.2) is 0 Å². The van der Waals surface area contributed by atoms with Gasteiger partial charge in [0.1, 0.15) is 24.1 Å². The van der Waals surface area contributed by atoms with Crippen LogP contribution in [0.5, 0.6) is 0 Å². The van der Waals surface area contributed by atoms with E-state index in [1.165, 1.54) is 6.33 Å². The summed E-state index contributed by atoms with van der Waals surface area (Å²) < 4.78 is 1.88. The van der Waals surface area contributed by atoms with Crippen molar-refractivity contribution >= 4 is 11.6 Å². The molecule has 1 unspecified atom stereocenters. The molecule has 0 spiro atoms. The summed E-state index contributed by atoms with van der Waals surface area (Å²) in [5.74, 6) is 1.47. The van der Waals surface area contributed by atoms with Gasteiger partial charge in [0.2, 0.25) is 0 Å². The molecule has 1 aliphatic heterocycles. The molecule has 2 aromatic rings. The monoisotopic (exact) mass is 334 g/mol. The van der Waals surface area contributed by atoms with Gasteiger partial charge >= 0.3 is 0 Å². The molecule has 9 heteroatoms. The Balaban J connectivity index is 1.79. The van der Waals surface area contributed by atoms with Gasteiger partial charge in [0.05, 0.1) is 31.1 Å². The predicted molar refractivity (Wildman–Crippen MR) is 87.5 cm³/mol. The standard InChI is InChI=1S/C15H22N6O3/c22-5-2-16-14-7-15(18-10-17-14)20-3-1-4-21-11(8-20)6-12(19-21)13(24)9-23/h6-7,10,13,22-24H,1-5,8-9H2,(H,16,17,18). The molecule has 24 heavy (non-hydrogen) atoms. The molecule has 0 radical (unpaired) electrons. The third-order valence-corrected chi connectivity index (χ3v) is 3.94. The molecule has 1 aliphatic rings. The average Bonchev–Trinajstić information content (AvgIpc) is 2.91. The van der Waals surface area contributed by atoms with Gasteiger partial charge in [-0.2, -0.15) is 5.10 Å². The second-order valence-electron chi connectivity index (χ2n) is 5.67. The molecule has 0 amide bonds. The van der Waals surface area contributed by atoms with Crippen LogP contribution in [0.15, 0.2) is 18.5 Å². The van der Waals surface area contributed by atoms with Crippen molar-refractivity contribution in [2.75, 3.05) is 36.5 Å². The minimum absolute atomic E-state index is 0.0399. The maximum absolute atomic E-state index is 9.76. The normalized spacial score (nSPS) is 15.7. The molecule has 2 aromatic heterocycles. The van der Waals surface area contributed by atoms with E-state index in [0.717, 1.165) is 31.0 Å². The zero-order valence-corrected chi connectivity index (χ0v) is 13.3. The highest BCUT2D eigenvalue weighted by molar-refractivity contribution is 5.48. The summed E-state index contributed by atoms with van der Waals surface area (Å²) in [7, 11) is 0. The Hall–Kier alpha value is -2.23. The third-order valence-electron chi connectivity index (χ3n) is 3.94. The number of aryl methyl sites for hydroxylation is 1. The number of anilines is 2. The van der Waals surface area contributed by atoms with E-state index >= 15 is 0 Å². The van der Waals surface area contributed by atoms with E-state index in [1.54, 1.807) is 0 Å². The third kappa shape index (κ3) is 3.64. The van der Waals surface area contributed by atoms with Crippen LogP contribution in [0.25, 0.3) is 0 Å². The molecule has 0 saturated carbocycles. The van der Waals surface area contributed by atoms with E-state index in [0.29, 0.717) is 24.6 Å². The molecule has 0 aliphatic carbocycles. The Morgan fingerprint density at radius 1 is 1.21 bits per heavy atom. The summed E-state index contributed by atoms with van der Waals surface area (Å²) in [6, 6.07) is 3.68. The van der Waals surface area contributed by atoms with E-state index < -0.39 is 6.10 Å². The number of aliphatic hydroxyl groups is 3. The lowest BCUT2D eigenvalue weighted by atomic mass is 10.2. The summed E-state index contributed by atoms with van der Waals surface area (Å²) in [5.41, 5.74) is 1.46. The van der Waals surface area contributed by atoms with Crippen LogP contribution in [0.4, 0.5) is 11.6 Å². The number of hydrogen-bond acceptors (Lipinski definition) is 8. The van der Waals surface area contributed by atoms with Gasteiger partial charge in [-0.25, -0.2) is 9.97 Å². The van der Waals surface area contributed by atoms with Crippen molar-refractivity contribution in [2.24, 2.45) is 0 Å². The number of aromatic nitrogens is 4. The molecular formula is C15H22N6O3. The first-order valence-electron chi connectivity index (χ1n) is 7.98. The minimum atomic E-state index is -0.953. The van der Waals surface area contributed by atoms with Gasteiger partial charge in [-0.05, 0) is 12.5 Å². The fourth-order valence-corrected chi connectivity index (χ4v) is 2.74. The first-order valence-corrected chi connectivity index (χ1v) is 7.98. The van der Waals surface area contributed by atoms with Gasteiger partial charge < -0.3 is 25.5 Å². The molecule has 3 rings (SSSR count). The second kappa shape index (κ2) is 7.56. The van der Waals surface area contributed by atoms with Crippen LogP contribution in [0.1, 0.15) is 23.9 Å².